The number of hydrogen-bond donors (Lipinski definition) is 0. The highest BCUT2D eigenvalue weighted by molar-refractivity contribution is 9.10. The molecule has 2 heterocycles. The SMILES string of the molecule is N#CC(=Cc1cn(-c2ccccc2)nc1-c1ccc(Br)cc1)C(=O)N1CCCCC1. The number of aromatic nitrogens is 2. The molecule has 1 fully saturated rings. The van der Waals surface area contributed by atoms with Gasteiger partial charge < -0.3 is 4.90 Å². The first-order valence-electron chi connectivity index (χ1n) is 9.98. The zero-order valence-corrected chi connectivity index (χ0v) is 18.0. The number of rotatable bonds is 4. The highest BCUT2D eigenvalue weighted by Crippen LogP contribution is 2.27. The molecular weight excluding hydrogens is 440 g/mol. The lowest BCUT2D eigenvalue weighted by Crippen LogP contribution is -2.36. The van der Waals surface area contributed by atoms with E-state index >= 15 is 0 Å². The molecule has 2 aromatic carbocycles. The first-order valence-corrected chi connectivity index (χ1v) is 10.8. The number of nitrogens with zero attached hydrogens (tertiary/aromatic N) is 4. The average molecular weight is 461 g/mol. The molecule has 0 unspecified atom stereocenters. The zero-order chi connectivity index (χ0) is 20.9. The van der Waals surface area contributed by atoms with E-state index in [1.807, 2.05) is 60.8 Å². The summed E-state index contributed by atoms with van der Waals surface area (Å²) in [5, 5.41) is 14.5. The van der Waals surface area contributed by atoms with Crippen molar-refractivity contribution in [3.63, 3.8) is 0 Å². The summed E-state index contributed by atoms with van der Waals surface area (Å²) in [7, 11) is 0. The molecule has 1 amide bonds. The minimum atomic E-state index is -0.202. The first-order chi connectivity index (χ1) is 14.7. The largest absolute Gasteiger partial charge is 0.338 e. The number of benzene rings is 2. The van der Waals surface area contributed by atoms with Gasteiger partial charge in [0.25, 0.3) is 5.91 Å². The van der Waals surface area contributed by atoms with Crippen molar-refractivity contribution in [2.24, 2.45) is 0 Å². The lowest BCUT2D eigenvalue weighted by atomic mass is 10.0. The van der Waals surface area contributed by atoms with Gasteiger partial charge in [-0.05, 0) is 49.6 Å². The summed E-state index contributed by atoms with van der Waals surface area (Å²) >= 11 is 3.46. The van der Waals surface area contributed by atoms with Gasteiger partial charge in [0.05, 0.1) is 11.4 Å². The van der Waals surface area contributed by atoms with Gasteiger partial charge in [0, 0.05) is 34.9 Å². The second-order valence-corrected chi connectivity index (χ2v) is 8.16. The maximum absolute atomic E-state index is 12.9. The van der Waals surface area contributed by atoms with Gasteiger partial charge in [-0.3, -0.25) is 4.79 Å². The van der Waals surface area contributed by atoms with Crippen molar-refractivity contribution in [2.45, 2.75) is 19.3 Å². The second-order valence-electron chi connectivity index (χ2n) is 7.24. The van der Waals surface area contributed by atoms with E-state index in [2.05, 4.69) is 22.0 Å². The van der Waals surface area contributed by atoms with Gasteiger partial charge in [-0.15, -0.1) is 0 Å². The van der Waals surface area contributed by atoms with Crippen molar-refractivity contribution in [3.8, 4) is 23.0 Å². The Morgan fingerprint density at radius 2 is 1.73 bits per heavy atom. The Balaban J connectivity index is 1.77. The van der Waals surface area contributed by atoms with E-state index in [1.165, 1.54) is 0 Å². The normalized spacial score (nSPS) is 14.4. The Kier molecular flexibility index (Phi) is 6.10. The van der Waals surface area contributed by atoms with Crippen LogP contribution in [0.2, 0.25) is 0 Å². The molecule has 30 heavy (non-hydrogen) atoms. The maximum atomic E-state index is 12.9. The molecule has 0 atom stereocenters. The molecule has 6 heteroatoms. The standard InChI is InChI=1S/C24H21BrN4O/c25-21-11-9-18(10-12-21)23-20(17-29(27-23)22-7-3-1-4-8-22)15-19(16-26)24(30)28-13-5-2-6-14-28/h1,3-4,7-12,15,17H,2,5-6,13-14H2. The van der Waals surface area contributed by atoms with E-state index < -0.39 is 0 Å². The van der Waals surface area contributed by atoms with Gasteiger partial charge in [-0.2, -0.15) is 10.4 Å². The number of carbonyl (C=O) groups is 1. The van der Waals surface area contributed by atoms with Crippen LogP contribution < -0.4 is 0 Å². The van der Waals surface area contributed by atoms with Crippen LogP contribution in [0.5, 0.6) is 0 Å². The van der Waals surface area contributed by atoms with Gasteiger partial charge in [-0.1, -0.05) is 46.3 Å². The number of nitriles is 1. The predicted octanol–water partition coefficient (Wildman–Crippen LogP) is 5.22. The summed E-state index contributed by atoms with van der Waals surface area (Å²) in [4.78, 5) is 14.7. The number of hydrogen-bond acceptors (Lipinski definition) is 3. The smallest absolute Gasteiger partial charge is 0.264 e. The van der Waals surface area contributed by atoms with E-state index in [-0.39, 0.29) is 11.5 Å². The van der Waals surface area contributed by atoms with Gasteiger partial charge in [0.15, 0.2) is 0 Å². The molecule has 0 saturated carbocycles. The van der Waals surface area contributed by atoms with Crippen molar-refractivity contribution in [3.05, 3.63) is 76.4 Å². The molecule has 5 nitrogen and oxygen atoms in total. The Morgan fingerprint density at radius 1 is 1.03 bits per heavy atom. The maximum Gasteiger partial charge on any atom is 0.264 e. The second kappa shape index (κ2) is 9.10. The van der Waals surface area contributed by atoms with Crippen molar-refractivity contribution < 1.29 is 4.79 Å². The Labute approximate surface area is 184 Å². The summed E-state index contributed by atoms with van der Waals surface area (Å²) in [6, 6.07) is 19.7. The number of likely N-dealkylation sites (tertiary alicyclic amines) is 1. The molecule has 150 valence electrons. The fourth-order valence-corrected chi connectivity index (χ4v) is 3.87. The lowest BCUT2D eigenvalue weighted by Gasteiger charge is -2.26. The predicted molar refractivity (Wildman–Crippen MR) is 121 cm³/mol. The number of para-hydroxylation sites is 1. The molecule has 0 aliphatic carbocycles. The van der Waals surface area contributed by atoms with Crippen LogP contribution in [0.25, 0.3) is 23.0 Å². The summed E-state index contributed by atoms with van der Waals surface area (Å²) in [6.07, 6.45) is 6.64. The number of halogens is 1. The highest BCUT2D eigenvalue weighted by Gasteiger charge is 2.21. The molecule has 1 saturated heterocycles. The van der Waals surface area contributed by atoms with Crippen LogP contribution in [0.15, 0.2) is 70.8 Å². The molecule has 1 aromatic heterocycles. The number of carbonyl (C=O) groups excluding carboxylic acids is 1. The number of amides is 1. The molecule has 0 bridgehead atoms. The summed E-state index contributed by atoms with van der Waals surface area (Å²) in [5.41, 5.74) is 3.44. The van der Waals surface area contributed by atoms with Gasteiger partial charge >= 0.3 is 0 Å². The van der Waals surface area contributed by atoms with Gasteiger partial charge in [-0.25, -0.2) is 4.68 Å². The Hall–Kier alpha value is -3.17. The third kappa shape index (κ3) is 4.37. The molecule has 1 aliphatic heterocycles. The van der Waals surface area contributed by atoms with Crippen molar-refractivity contribution in [1.82, 2.24) is 14.7 Å². The molecular formula is C24H21BrN4O. The highest BCUT2D eigenvalue weighted by atomic mass is 79.9. The fraction of sp³-hybridized carbons (Fsp3) is 0.208. The van der Waals surface area contributed by atoms with E-state index in [0.717, 1.165) is 46.2 Å². The summed E-state index contributed by atoms with van der Waals surface area (Å²) < 4.78 is 2.76. The van der Waals surface area contributed by atoms with Crippen LogP contribution in [-0.2, 0) is 4.79 Å². The molecule has 0 N–H and O–H groups in total. The van der Waals surface area contributed by atoms with E-state index in [1.54, 1.807) is 15.7 Å². The van der Waals surface area contributed by atoms with Crippen LogP contribution in [0.1, 0.15) is 24.8 Å². The van der Waals surface area contributed by atoms with Crippen LogP contribution >= 0.6 is 15.9 Å². The summed E-state index contributed by atoms with van der Waals surface area (Å²) in [6.45, 7) is 1.42. The van der Waals surface area contributed by atoms with Crippen molar-refractivity contribution >= 4 is 27.9 Å². The third-order valence-corrected chi connectivity index (χ3v) is 5.70. The Morgan fingerprint density at radius 3 is 2.40 bits per heavy atom. The van der Waals surface area contributed by atoms with Gasteiger partial charge in [0.1, 0.15) is 11.6 Å². The molecule has 3 aromatic rings. The van der Waals surface area contributed by atoms with E-state index in [4.69, 9.17) is 5.10 Å². The molecule has 0 radical (unpaired) electrons. The Bertz CT molecular complexity index is 1100. The lowest BCUT2D eigenvalue weighted by molar-refractivity contribution is -0.127. The van der Waals surface area contributed by atoms with Crippen molar-refractivity contribution in [1.29, 1.82) is 5.26 Å². The minimum absolute atomic E-state index is 0.142. The molecule has 4 rings (SSSR count). The van der Waals surface area contributed by atoms with Crippen LogP contribution in [0, 0.1) is 11.3 Å². The van der Waals surface area contributed by atoms with Crippen LogP contribution in [0.4, 0.5) is 0 Å². The molecule has 0 spiro atoms. The zero-order valence-electron chi connectivity index (χ0n) is 16.5. The number of piperidine rings is 1. The minimum Gasteiger partial charge on any atom is -0.338 e. The summed E-state index contributed by atoms with van der Waals surface area (Å²) in [5.74, 6) is -0.202. The fourth-order valence-electron chi connectivity index (χ4n) is 3.60. The van der Waals surface area contributed by atoms with E-state index in [0.29, 0.717) is 13.1 Å². The first kappa shape index (κ1) is 20.1. The van der Waals surface area contributed by atoms with Crippen LogP contribution in [-0.4, -0.2) is 33.7 Å². The van der Waals surface area contributed by atoms with Gasteiger partial charge in [0.2, 0.25) is 0 Å². The molecule has 1 aliphatic rings. The average Bonchev–Trinajstić information content (AvgIpc) is 3.22. The van der Waals surface area contributed by atoms with E-state index in [9.17, 15) is 10.1 Å². The topological polar surface area (TPSA) is 61.9 Å². The third-order valence-electron chi connectivity index (χ3n) is 5.17. The monoisotopic (exact) mass is 460 g/mol. The van der Waals surface area contributed by atoms with Crippen LogP contribution in [0.3, 0.4) is 0 Å². The quantitative estimate of drug-likeness (QED) is 0.395. The van der Waals surface area contributed by atoms with Crippen molar-refractivity contribution in [2.75, 3.05) is 13.1 Å².